The third-order valence-electron chi connectivity index (χ3n) is 7.87. The average Bonchev–Trinajstić information content (AvgIpc) is 2.62. The Morgan fingerprint density at radius 1 is 1.06 bits per heavy atom. The van der Waals surface area contributed by atoms with Crippen molar-refractivity contribution in [3.8, 4) is 0 Å². The molecule has 6 nitrogen and oxygen atoms in total. The quantitative estimate of drug-likeness (QED) is 0.273. The van der Waals surface area contributed by atoms with E-state index in [4.69, 9.17) is 4.74 Å². The third-order valence-corrected chi connectivity index (χ3v) is 8.82. The number of ether oxygens (including phenoxy) is 1. The van der Waals surface area contributed by atoms with E-state index in [9.17, 15) is 44.5 Å². The molecular weight excluding hydrogens is 475 g/mol. The number of rotatable bonds is 8. The summed E-state index contributed by atoms with van der Waals surface area (Å²) < 4.78 is 107. The molecule has 0 aliphatic heterocycles. The average molecular weight is 504 g/mol. The van der Waals surface area contributed by atoms with Crippen LogP contribution in [-0.2, 0) is 24.4 Å². The van der Waals surface area contributed by atoms with Gasteiger partial charge in [-0.2, -0.15) is 22.0 Å². The van der Waals surface area contributed by atoms with E-state index in [1.807, 2.05) is 0 Å². The Kier molecular flexibility index (Phi) is 6.27. The van der Waals surface area contributed by atoms with Crippen LogP contribution >= 0.6 is 0 Å². The zero-order valence-electron chi connectivity index (χ0n) is 18.6. The number of Topliss-reactive ketones (excluding diaryl/α,β-unsaturated/α-hetero) is 1. The molecule has 4 aliphatic rings. The fraction of sp³-hybridized carbons (Fsp3) is 0.905. The van der Waals surface area contributed by atoms with Crippen molar-refractivity contribution < 1.29 is 49.2 Å². The second kappa shape index (κ2) is 7.86. The summed E-state index contributed by atoms with van der Waals surface area (Å²) in [5.41, 5.74) is -3.30. The van der Waals surface area contributed by atoms with E-state index in [0.29, 0.717) is 25.7 Å². The summed E-state index contributed by atoms with van der Waals surface area (Å²) in [6.07, 6.45) is -5.30. The van der Waals surface area contributed by atoms with E-state index in [0.717, 1.165) is 0 Å². The Labute approximate surface area is 189 Å². The van der Waals surface area contributed by atoms with Crippen molar-refractivity contribution in [2.24, 2.45) is 28.6 Å². The van der Waals surface area contributed by atoms with Crippen LogP contribution in [0.3, 0.4) is 0 Å². The van der Waals surface area contributed by atoms with Gasteiger partial charge < -0.3 is 9.29 Å². The molecule has 4 bridgehead atoms. The summed E-state index contributed by atoms with van der Waals surface area (Å²) in [5, 5.41) is -5.68. The van der Waals surface area contributed by atoms with Crippen molar-refractivity contribution in [1.29, 1.82) is 0 Å². The van der Waals surface area contributed by atoms with Gasteiger partial charge in [0.05, 0.1) is 5.41 Å². The maximum atomic E-state index is 14.0. The maximum absolute atomic E-state index is 14.0. The van der Waals surface area contributed by atoms with Crippen molar-refractivity contribution in [2.75, 3.05) is 0 Å². The van der Waals surface area contributed by atoms with Crippen LogP contribution in [0.1, 0.15) is 72.1 Å². The van der Waals surface area contributed by atoms with Gasteiger partial charge in [-0.15, -0.1) is 0 Å². The Bertz CT molecular complexity index is 912. The first-order chi connectivity index (χ1) is 14.8. The summed E-state index contributed by atoms with van der Waals surface area (Å²) >= 11 is 0. The summed E-state index contributed by atoms with van der Waals surface area (Å²) in [7, 11) is -6.66. The topological polar surface area (TPSA) is 101 Å². The lowest BCUT2D eigenvalue weighted by atomic mass is 9.46. The third kappa shape index (κ3) is 4.66. The number of carbonyl (C=O) groups excluding carboxylic acids is 2. The van der Waals surface area contributed by atoms with Crippen molar-refractivity contribution >= 4 is 21.9 Å². The number of esters is 1. The van der Waals surface area contributed by atoms with Gasteiger partial charge in [-0.1, -0.05) is 6.92 Å². The number of carbonyl (C=O) groups is 2. The molecule has 4 fully saturated rings. The molecule has 0 amide bonds. The highest BCUT2D eigenvalue weighted by molar-refractivity contribution is 7.86. The first kappa shape index (κ1) is 26.3. The first-order valence-electron chi connectivity index (χ1n) is 10.9. The summed E-state index contributed by atoms with van der Waals surface area (Å²) in [6.45, 7) is 5.18. The van der Waals surface area contributed by atoms with E-state index in [1.165, 1.54) is 0 Å². The molecule has 0 spiro atoms. The number of ketones is 1. The van der Waals surface area contributed by atoms with Crippen molar-refractivity contribution in [3.63, 3.8) is 0 Å². The molecule has 33 heavy (non-hydrogen) atoms. The molecular formula is C21H28F5O6S-. The van der Waals surface area contributed by atoms with E-state index < -0.39 is 62.1 Å². The molecule has 0 radical (unpaired) electrons. The molecule has 0 heterocycles. The van der Waals surface area contributed by atoms with Crippen LogP contribution in [0.5, 0.6) is 0 Å². The summed E-state index contributed by atoms with van der Waals surface area (Å²) in [5.74, 6) is -5.84. The molecule has 4 rings (SSSR count). The van der Waals surface area contributed by atoms with Gasteiger partial charge in [-0.05, 0) is 70.6 Å². The van der Waals surface area contributed by atoms with Crippen LogP contribution in [0.4, 0.5) is 22.0 Å². The number of halogens is 5. The van der Waals surface area contributed by atoms with Crippen LogP contribution in [0.25, 0.3) is 0 Å². The smallest absolute Gasteiger partial charge is 0.399 e. The Balaban J connectivity index is 1.91. The molecule has 0 aromatic heterocycles. The standard InChI is InChI=1S/C21H29F5O6S/c1-4-17(2,3)16(28)32-19-9-12-5-13(10-19)8-18(7-12,11-19)15(27)6-14(20(22,23)24)21(25,26)33(29,30)31/h12-14H,4-11H2,1-3H3,(H,29,30,31)/p-1. The molecule has 0 saturated heterocycles. The molecule has 4 saturated carbocycles. The Morgan fingerprint density at radius 3 is 2.00 bits per heavy atom. The van der Waals surface area contributed by atoms with Crippen LogP contribution in [0.2, 0.25) is 0 Å². The minimum absolute atomic E-state index is 0.0857. The molecule has 3 atom stereocenters. The minimum Gasteiger partial charge on any atom is -0.743 e. The summed E-state index contributed by atoms with van der Waals surface area (Å²) in [6, 6.07) is 0. The fourth-order valence-electron chi connectivity index (χ4n) is 6.10. The monoisotopic (exact) mass is 503 g/mol. The highest BCUT2D eigenvalue weighted by Crippen LogP contribution is 2.64. The lowest BCUT2D eigenvalue weighted by molar-refractivity contribution is -0.226. The number of hydrogen-bond acceptors (Lipinski definition) is 6. The minimum atomic E-state index is -6.66. The molecule has 0 aromatic rings. The lowest BCUT2D eigenvalue weighted by Crippen LogP contribution is -2.61. The largest absolute Gasteiger partial charge is 0.743 e. The molecule has 3 unspecified atom stereocenters. The SMILES string of the molecule is CCC(C)(C)C(=O)OC12CC3CC(C1)CC(C(=O)CC(C(F)(F)F)C(F)(F)S(=O)(=O)[O-])(C3)C2. The van der Waals surface area contributed by atoms with E-state index in [2.05, 4.69) is 0 Å². The van der Waals surface area contributed by atoms with Gasteiger partial charge in [0.2, 0.25) is 0 Å². The van der Waals surface area contributed by atoms with Gasteiger partial charge >= 0.3 is 17.4 Å². The zero-order chi connectivity index (χ0) is 25.3. The van der Waals surface area contributed by atoms with Gasteiger partial charge in [-0.3, -0.25) is 9.59 Å². The number of hydrogen-bond donors (Lipinski definition) is 0. The second-order valence-corrected chi connectivity index (χ2v) is 12.2. The highest BCUT2D eigenvalue weighted by atomic mass is 32.2. The molecule has 0 N–H and O–H groups in total. The van der Waals surface area contributed by atoms with E-state index >= 15 is 0 Å². The predicted molar refractivity (Wildman–Crippen MR) is 104 cm³/mol. The highest BCUT2D eigenvalue weighted by Gasteiger charge is 2.65. The van der Waals surface area contributed by atoms with Gasteiger partial charge in [0.25, 0.3) is 0 Å². The molecule has 0 aromatic carbocycles. The molecule has 4 aliphatic carbocycles. The molecule has 190 valence electrons. The fourth-order valence-corrected chi connectivity index (χ4v) is 6.67. The summed E-state index contributed by atoms with van der Waals surface area (Å²) in [4.78, 5) is 25.9. The van der Waals surface area contributed by atoms with Crippen molar-refractivity contribution in [3.05, 3.63) is 0 Å². The first-order valence-corrected chi connectivity index (χ1v) is 12.3. The maximum Gasteiger partial charge on any atom is 0.399 e. The Hall–Kier alpha value is -1.30. The Morgan fingerprint density at radius 2 is 1.58 bits per heavy atom. The normalized spacial score (nSPS) is 33.1. The van der Waals surface area contributed by atoms with Gasteiger partial charge in [0, 0.05) is 11.8 Å². The van der Waals surface area contributed by atoms with E-state index in [-0.39, 0.29) is 31.1 Å². The van der Waals surface area contributed by atoms with Crippen LogP contribution in [0, 0.1) is 28.6 Å². The molecule has 12 heteroatoms. The van der Waals surface area contributed by atoms with Crippen molar-refractivity contribution in [2.45, 2.75) is 89.2 Å². The van der Waals surface area contributed by atoms with Crippen LogP contribution in [0.15, 0.2) is 0 Å². The second-order valence-electron chi connectivity index (χ2n) is 10.8. The van der Waals surface area contributed by atoms with Crippen LogP contribution in [-0.4, -0.2) is 41.8 Å². The van der Waals surface area contributed by atoms with Crippen molar-refractivity contribution in [1.82, 2.24) is 0 Å². The number of alkyl halides is 5. The van der Waals surface area contributed by atoms with Gasteiger partial charge in [0.15, 0.2) is 10.1 Å². The van der Waals surface area contributed by atoms with E-state index in [1.54, 1.807) is 20.8 Å². The van der Waals surface area contributed by atoms with Gasteiger partial charge in [0.1, 0.15) is 17.3 Å². The zero-order valence-corrected chi connectivity index (χ0v) is 19.5. The lowest BCUT2D eigenvalue weighted by Gasteiger charge is -2.61. The predicted octanol–water partition coefficient (Wildman–Crippen LogP) is 4.58. The van der Waals surface area contributed by atoms with Gasteiger partial charge in [-0.25, -0.2) is 8.42 Å². The van der Waals surface area contributed by atoms with Crippen LogP contribution < -0.4 is 0 Å².